The summed E-state index contributed by atoms with van der Waals surface area (Å²) in [6.07, 6.45) is 0. The third kappa shape index (κ3) is 5.63. The van der Waals surface area contributed by atoms with Crippen LogP contribution in [0.2, 0.25) is 0 Å². The molecular formula is C52H34N4S. The van der Waals surface area contributed by atoms with Gasteiger partial charge in [0.1, 0.15) is 0 Å². The average molecular weight is 747 g/mol. The molecule has 0 N–H and O–H groups in total. The highest BCUT2D eigenvalue weighted by Gasteiger charge is 2.22. The second-order valence-corrected chi connectivity index (χ2v) is 15.5. The Morgan fingerprint density at radius 1 is 0.386 bits per heavy atom. The van der Waals surface area contributed by atoms with Crippen molar-refractivity contribution in [3.05, 3.63) is 194 Å². The molecule has 0 radical (unpaired) electrons. The van der Waals surface area contributed by atoms with Crippen LogP contribution in [0.4, 0.5) is 0 Å². The fraction of sp³-hybridized carbons (Fsp3) is 0.0192. The molecule has 11 aromatic rings. The predicted octanol–water partition coefficient (Wildman–Crippen LogP) is 14.0. The summed E-state index contributed by atoms with van der Waals surface area (Å²) in [6.45, 7) is 2.18. The lowest BCUT2D eigenvalue weighted by Gasteiger charge is -2.17. The Kier molecular flexibility index (Phi) is 7.86. The lowest BCUT2D eigenvalue weighted by molar-refractivity contribution is 1.06. The first-order valence-electron chi connectivity index (χ1n) is 19.2. The van der Waals surface area contributed by atoms with Gasteiger partial charge >= 0.3 is 0 Å². The highest BCUT2D eigenvalue weighted by Crippen LogP contribution is 2.43. The van der Waals surface area contributed by atoms with Crippen LogP contribution in [-0.4, -0.2) is 19.5 Å². The molecule has 0 spiro atoms. The molecule has 3 aromatic heterocycles. The quantitative estimate of drug-likeness (QED) is 0.170. The number of benzene rings is 8. The summed E-state index contributed by atoms with van der Waals surface area (Å²) in [7, 11) is 0. The number of para-hydroxylation sites is 1. The SMILES string of the molecule is Cc1ccccc1-c1ccc2c(c1)c1ccccc1n2-c1ccc(-c2cccc3c2sc2ccccc23)cc1-c1nc(-c2ccccc2)nc(-c2ccccc2)n1. The van der Waals surface area contributed by atoms with Crippen LogP contribution in [0.3, 0.4) is 0 Å². The maximum Gasteiger partial charge on any atom is 0.166 e. The Balaban J connectivity index is 1.21. The molecule has 0 amide bonds. The molecule has 5 heteroatoms. The Morgan fingerprint density at radius 3 is 1.74 bits per heavy atom. The lowest BCUT2D eigenvalue weighted by Crippen LogP contribution is -2.04. The van der Waals surface area contributed by atoms with Gasteiger partial charge in [0.05, 0.1) is 16.7 Å². The molecule has 0 aliphatic rings. The Morgan fingerprint density at radius 2 is 0.965 bits per heavy atom. The van der Waals surface area contributed by atoms with E-state index in [0.29, 0.717) is 17.5 Å². The predicted molar refractivity (Wildman–Crippen MR) is 239 cm³/mol. The molecule has 0 fully saturated rings. The van der Waals surface area contributed by atoms with Crippen LogP contribution in [0.15, 0.2) is 188 Å². The van der Waals surface area contributed by atoms with E-state index in [-0.39, 0.29) is 0 Å². The first-order chi connectivity index (χ1) is 28.2. The van der Waals surface area contributed by atoms with Crippen LogP contribution in [0.1, 0.15) is 5.56 Å². The molecule has 3 heterocycles. The lowest BCUT2D eigenvalue weighted by atomic mass is 9.98. The molecule has 0 saturated carbocycles. The largest absolute Gasteiger partial charge is 0.309 e. The van der Waals surface area contributed by atoms with Gasteiger partial charge in [-0.2, -0.15) is 0 Å². The van der Waals surface area contributed by atoms with Crippen molar-refractivity contribution >= 4 is 53.3 Å². The highest BCUT2D eigenvalue weighted by molar-refractivity contribution is 7.26. The Bertz CT molecular complexity index is 3250. The average Bonchev–Trinajstić information content (AvgIpc) is 3.82. The normalized spacial score (nSPS) is 11.6. The third-order valence-electron chi connectivity index (χ3n) is 11.0. The van der Waals surface area contributed by atoms with Gasteiger partial charge in [-0.15, -0.1) is 11.3 Å². The first-order valence-corrected chi connectivity index (χ1v) is 20.0. The highest BCUT2D eigenvalue weighted by atomic mass is 32.1. The molecule has 268 valence electrons. The molecule has 57 heavy (non-hydrogen) atoms. The number of rotatable bonds is 6. The summed E-state index contributed by atoms with van der Waals surface area (Å²) in [4.78, 5) is 15.6. The van der Waals surface area contributed by atoms with Crippen LogP contribution in [0.5, 0.6) is 0 Å². The van der Waals surface area contributed by atoms with E-state index in [0.717, 1.165) is 39.0 Å². The van der Waals surface area contributed by atoms with E-state index >= 15 is 0 Å². The summed E-state index contributed by atoms with van der Waals surface area (Å²) in [5, 5.41) is 4.94. The maximum absolute atomic E-state index is 5.29. The Labute approximate surface area is 334 Å². The molecule has 8 aromatic carbocycles. The standard InChI is InChI=1S/C52H34N4S/c1-33-15-8-9-20-38(33)36-27-29-46-43(31-36)40-21-10-12-25-45(40)56(46)47-30-28-37(39-23-14-24-42-41-22-11-13-26-48(41)57-49(39)42)32-44(47)52-54-50(34-16-4-2-5-17-34)53-51(55-52)35-18-6-3-7-19-35/h2-32H,1H3. The zero-order chi connectivity index (χ0) is 37.9. The number of aromatic nitrogens is 4. The number of hydrogen-bond donors (Lipinski definition) is 0. The second-order valence-electron chi connectivity index (χ2n) is 14.5. The van der Waals surface area contributed by atoms with Gasteiger partial charge in [-0.25, -0.2) is 15.0 Å². The Hall–Kier alpha value is -7.21. The molecule has 0 aliphatic heterocycles. The third-order valence-corrected chi connectivity index (χ3v) is 12.2. The van der Waals surface area contributed by atoms with Gasteiger partial charge < -0.3 is 4.57 Å². The number of thiophene rings is 1. The van der Waals surface area contributed by atoms with Crippen LogP contribution in [0, 0.1) is 6.92 Å². The van der Waals surface area contributed by atoms with E-state index in [9.17, 15) is 0 Å². The molecule has 11 rings (SSSR count). The van der Waals surface area contributed by atoms with Crippen LogP contribution < -0.4 is 0 Å². The van der Waals surface area contributed by atoms with Gasteiger partial charge in [-0.05, 0) is 71.1 Å². The van der Waals surface area contributed by atoms with Crippen molar-refractivity contribution in [3.8, 4) is 62.1 Å². The summed E-state index contributed by atoms with van der Waals surface area (Å²) in [6, 6.07) is 66.7. The van der Waals surface area contributed by atoms with Gasteiger partial charge in [-0.1, -0.05) is 152 Å². The maximum atomic E-state index is 5.29. The van der Waals surface area contributed by atoms with E-state index in [2.05, 4.69) is 163 Å². The van der Waals surface area contributed by atoms with Crippen molar-refractivity contribution in [2.75, 3.05) is 0 Å². The van der Waals surface area contributed by atoms with Crippen molar-refractivity contribution < 1.29 is 0 Å². The van der Waals surface area contributed by atoms with Crippen molar-refractivity contribution in [1.29, 1.82) is 0 Å². The summed E-state index contributed by atoms with van der Waals surface area (Å²) >= 11 is 1.84. The van der Waals surface area contributed by atoms with E-state index in [1.807, 2.05) is 47.7 Å². The van der Waals surface area contributed by atoms with Gasteiger partial charge in [0.2, 0.25) is 0 Å². The van der Waals surface area contributed by atoms with Crippen molar-refractivity contribution in [3.63, 3.8) is 0 Å². The van der Waals surface area contributed by atoms with Gasteiger partial charge in [0.15, 0.2) is 17.5 Å². The van der Waals surface area contributed by atoms with Gasteiger partial charge in [0.25, 0.3) is 0 Å². The molecule has 0 saturated heterocycles. The number of hydrogen-bond acceptors (Lipinski definition) is 4. The summed E-state index contributed by atoms with van der Waals surface area (Å²) < 4.78 is 4.94. The molecule has 0 unspecified atom stereocenters. The minimum absolute atomic E-state index is 0.616. The zero-order valence-electron chi connectivity index (χ0n) is 31.1. The molecule has 0 aliphatic carbocycles. The fourth-order valence-corrected chi connectivity index (χ4v) is 9.52. The minimum Gasteiger partial charge on any atom is -0.309 e. The van der Waals surface area contributed by atoms with E-state index in [1.165, 1.54) is 53.2 Å². The van der Waals surface area contributed by atoms with Gasteiger partial charge in [-0.3, -0.25) is 0 Å². The summed E-state index contributed by atoms with van der Waals surface area (Å²) in [5.41, 5.74) is 12.0. The topological polar surface area (TPSA) is 43.6 Å². The first kappa shape index (κ1) is 33.2. The molecule has 4 nitrogen and oxygen atoms in total. The second kappa shape index (κ2) is 13.5. The van der Waals surface area contributed by atoms with E-state index in [1.54, 1.807) is 0 Å². The number of fused-ring (bicyclic) bond motifs is 6. The number of nitrogens with zero attached hydrogens (tertiary/aromatic N) is 4. The van der Waals surface area contributed by atoms with Crippen molar-refractivity contribution in [2.24, 2.45) is 0 Å². The van der Waals surface area contributed by atoms with Crippen LogP contribution in [0.25, 0.3) is 104 Å². The minimum atomic E-state index is 0.616. The van der Waals surface area contributed by atoms with Crippen LogP contribution >= 0.6 is 11.3 Å². The van der Waals surface area contributed by atoms with E-state index < -0.39 is 0 Å². The monoisotopic (exact) mass is 746 g/mol. The molecular weight excluding hydrogens is 713 g/mol. The smallest absolute Gasteiger partial charge is 0.166 e. The number of aryl methyl sites for hydroxylation is 1. The van der Waals surface area contributed by atoms with Crippen LogP contribution in [-0.2, 0) is 0 Å². The summed E-state index contributed by atoms with van der Waals surface area (Å²) in [5.74, 6) is 1.88. The zero-order valence-corrected chi connectivity index (χ0v) is 31.9. The fourth-order valence-electron chi connectivity index (χ4n) is 8.28. The molecule has 0 bridgehead atoms. The molecule has 0 atom stereocenters. The van der Waals surface area contributed by atoms with Crippen molar-refractivity contribution in [1.82, 2.24) is 19.5 Å². The van der Waals surface area contributed by atoms with Gasteiger partial charge in [0, 0.05) is 47.6 Å². The van der Waals surface area contributed by atoms with E-state index in [4.69, 9.17) is 15.0 Å². The van der Waals surface area contributed by atoms with Crippen molar-refractivity contribution in [2.45, 2.75) is 6.92 Å².